The fraction of sp³-hybridized carbons (Fsp3) is 0.333. The fourth-order valence-corrected chi connectivity index (χ4v) is 4.27. The van der Waals surface area contributed by atoms with E-state index in [0.29, 0.717) is 47.3 Å². The summed E-state index contributed by atoms with van der Waals surface area (Å²) in [5.41, 5.74) is 1.21. The zero-order chi connectivity index (χ0) is 21.7. The molecule has 1 aromatic heterocycles. The van der Waals surface area contributed by atoms with E-state index in [0.717, 1.165) is 5.56 Å². The van der Waals surface area contributed by atoms with Crippen LogP contribution in [0.1, 0.15) is 31.1 Å². The maximum atomic E-state index is 13.1. The Labute approximate surface area is 183 Å². The molecule has 9 heteroatoms. The molecule has 0 aliphatic heterocycles. The number of thioether (sulfide) groups is 1. The van der Waals surface area contributed by atoms with Gasteiger partial charge in [0, 0.05) is 42.2 Å². The third-order valence-electron chi connectivity index (χ3n) is 4.59. The molecule has 0 aliphatic carbocycles. The van der Waals surface area contributed by atoms with Crippen molar-refractivity contribution in [2.24, 2.45) is 0 Å². The lowest BCUT2D eigenvalue weighted by molar-refractivity contribution is -0.384. The van der Waals surface area contributed by atoms with E-state index in [1.165, 1.54) is 17.8 Å². The average molecular weight is 448 g/mol. The molecule has 0 spiro atoms. The van der Waals surface area contributed by atoms with Gasteiger partial charge in [0.15, 0.2) is 5.16 Å². The first-order chi connectivity index (χ1) is 14.4. The zero-order valence-corrected chi connectivity index (χ0v) is 18.3. The Bertz CT molecular complexity index is 1120. The van der Waals surface area contributed by atoms with E-state index in [4.69, 9.17) is 16.3 Å². The van der Waals surface area contributed by atoms with Crippen LogP contribution in [0.15, 0.2) is 52.4 Å². The summed E-state index contributed by atoms with van der Waals surface area (Å²) < 4.78 is 7.05. The Morgan fingerprint density at radius 3 is 2.83 bits per heavy atom. The summed E-state index contributed by atoms with van der Waals surface area (Å²) >= 11 is 7.48. The van der Waals surface area contributed by atoms with E-state index in [9.17, 15) is 14.9 Å². The normalized spacial score (nSPS) is 12.2. The number of ether oxygens (including phenoxy) is 1. The third kappa shape index (κ3) is 5.19. The first-order valence-electron chi connectivity index (χ1n) is 9.59. The predicted octanol–water partition coefficient (Wildman–Crippen LogP) is 5.24. The second-order valence-electron chi connectivity index (χ2n) is 6.68. The Hall–Kier alpha value is -2.42. The first-order valence-corrected chi connectivity index (χ1v) is 10.8. The number of aromatic nitrogens is 2. The summed E-state index contributed by atoms with van der Waals surface area (Å²) in [6, 6.07) is 11.5. The summed E-state index contributed by atoms with van der Waals surface area (Å²) in [6.07, 6.45) is 0.674. The van der Waals surface area contributed by atoms with Gasteiger partial charge in [0.1, 0.15) is 0 Å². The molecule has 3 rings (SSSR count). The van der Waals surface area contributed by atoms with Gasteiger partial charge in [-0.1, -0.05) is 35.5 Å². The van der Waals surface area contributed by atoms with Crippen LogP contribution in [-0.4, -0.2) is 27.7 Å². The largest absolute Gasteiger partial charge is 0.382 e. The Kier molecular flexibility index (Phi) is 7.47. The van der Waals surface area contributed by atoms with E-state index < -0.39 is 4.92 Å². The number of benzene rings is 2. The zero-order valence-electron chi connectivity index (χ0n) is 16.7. The minimum atomic E-state index is -0.416. The highest BCUT2D eigenvalue weighted by Crippen LogP contribution is 2.35. The standard InChI is InChI=1S/C21H22ClN3O4S/c1-3-29-11-5-10-24-20(26)18-9-8-16(22)13-19(18)23-21(24)30-14(2)15-6-4-7-17(12-15)25(27)28/h4,6-9,12-14H,3,5,10-11H2,1-2H3. The molecule has 0 saturated heterocycles. The summed E-state index contributed by atoms with van der Waals surface area (Å²) in [6.45, 7) is 5.49. The second kappa shape index (κ2) is 10.1. The van der Waals surface area contributed by atoms with Gasteiger partial charge >= 0.3 is 0 Å². The van der Waals surface area contributed by atoms with E-state index in [1.807, 2.05) is 19.9 Å². The van der Waals surface area contributed by atoms with Crippen LogP contribution in [0.3, 0.4) is 0 Å². The molecule has 1 heterocycles. The first kappa shape index (κ1) is 22.3. The molecule has 0 amide bonds. The number of fused-ring (bicyclic) bond motifs is 1. The maximum Gasteiger partial charge on any atom is 0.269 e. The van der Waals surface area contributed by atoms with E-state index >= 15 is 0 Å². The molecular formula is C21H22ClN3O4S. The van der Waals surface area contributed by atoms with Crippen molar-refractivity contribution in [1.82, 2.24) is 9.55 Å². The summed E-state index contributed by atoms with van der Waals surface area (Å²) in [4.78, 5) is 28.5. The molecular weight excluding hydrogens is 426 g/mol. The van der Waals surface area contributed by atoms with Crippen LogP contribution in [0.4, 0.5) is 5.69 Å². The molecule has 7 nitrogen and oxygen atoms in total. The maximum absolute atomic E-state index is 13.1. The van der Waals surface area contributed by atoms with Crippen LogP contribution < -0.4 is 5.56 Å². The van der Waals surface area contributed by atoms with E-state index in [-0.39, 0.29) is 16.5 Å². The number of nitro groups is 1. The van der Waals surface area contributed by atoms with Crippen LogP contribution in [-0.2, 0) is 11.3 Å². The molecule has 2 aromatic carbocycles. The molecule has 0 fully saturated rings. The van der Waals surface area contributed by atoms with Crippen molar-refractivity contribution in [3.63, 3.8) is 0 Å². The molecule has 0 N–H and O–H groups in total. The molecule has 158 valence electrons. The van der Waals surface area contributed by atoms with Crippen LogP contribution in [0.25, 0.3) is 10.9 Å². The number of hydrogen-bond acceptors (Lipinski definition) is 6. The molecule has 3 aromatic rings. The molecule has 0 aliphatic rings. The SMILES string of the molecule is CCOCCCn1c(SC(C)c2cccc([N+](=O)[O-])c2)nc2cc(Cl)ccc2c1=O. The number of hydrogen-bond donors (Lipinski definition) is 0. The van der Waals surface area contributed by atoms with Gasteiger partial charge in [-0.05, 0) is 44.0 Å². The van der Waals surface area contributed by atoms with Gasteiger partial charge in [-0.2, -0.15) is 0 Å². The molecule has 0 saturated carbocycles. The highest BCUT2D eigenvalue weighted by atomic mass is 35.5. The quantitative estimate of drug-likeness (QED) is 0.146. The number of nitrogens with zero attached hydrogens (tertiary/aromatic N) is 3. The summed E-state index contributed by atoms with van der Waals surface area (Å²) in [5.74, 6) is 0. The van der Waals surface area contributed by atoms with Crippen molar-refractivity contribution in [2.75, 3.05) is 13.2 Å². The minimum Gasteiger partial charge on any atom is -0.382 e. The van der Waals surface area contributed by atoms with Gasteiger partial charge in [0.25, 0.3) is 11.2 Å². The van der Waals surface area contributed by atoms with E-state index in [2.05, 4.69) is 4.98 Å². The van der Waals surface area contributed by atoms with Crippen molar-refractivity contribution < 1.29 is 9.66 Å². The van der Waals surface area contributed by atoms with Gasteiger partial charge in [-0.3, -0.25) is 19.5 Å². The van der Waals surface area contributed by atoms with Crippen molar-refractivity contribution in [1.29, 1.82) is 0 Å². The Morgan fingerprint density at radius 2 is 2.10 bits per heavy atom. The van der Waals surface area contributed by atoms with Crippen molar-refractivity contribution in [3.05, 3.63) is 73.5 Å². The molecule has 1 atom stereocenters. The topological polar surface area (TPSA) is 87.3 Å². The smallest absolute Gasteiger partial charge is 0.269 e. The Morgan fingerprint density at radius 1 is 1.30 bits per heavy atom. The monoisotopic (exact) mass is 447 g/mol. The number of rotatable bonds is 9. The molecule has 1 unspecified atom stereocenters. The van der Waals surface area contributed by atoms with Gasteiger partial charge < -0.3 is 4.74 Å². The summed E-state index contributed by atoms with van der Waals surface area (Å²) in [7, 11) is 0. The lowest BCUT2D eigenvalue weighted by atomic mass is 10.1. The van der Waals surface area contributed by atoms with Crippen molar-refractivity contribution in [3.8, 4) is 0 Å². The summed E-state index contributed by atoms with van der Waals surface area (Å²) in [5, 5.41) is 12.5. The minimum absolute atomic E-state index is 0.0345. The second-order valence-corrected chi connectivity index (χ2v) is 8.42. The highest BCUT2D eigenvalue weighted by molar-refractivity contribution is 7.99. The predicted molar refractivity (Wildman–Crippen MR) is 119 cm³/mol. The number of halogens is 1. The molecule has 0 bridgehead atoms. The third-order valence-corrected chi connectivity index (χ3v) is 5.97. The van der Waals surface area contributed by atoms with Gasteiger partial charge in [-0.15, -0.1) is 0 Å². The van der Waals surface area contributed by atoms with Crippen LogP contribution in [0, 0.1) is 10.1 Å². The van der Waals surface area contributed by atoms with Gasteiger partial charge in [-0.25, -0.2) is 4.98 Å². The molecule has 0 radical (unpaired) electrons. The van der Waals surface area contributed by atoms with Gasteiger partial charge in [0.05, 0.1) is 15.8 Å². The van der Waals surface area contributed by atoms with Crippen LogP contribution in [0.5, 0.6) is 0 Å². The lowest BCUT2D eigenvalue weighted by Crippen LogP contribution is -2.24. The molecule has 30 heavy (non-hydrogen) atoms. The van der Waals surface area contributed by atoms with Crippen LogP contribution >= 0.6 is 23.4 Å². The number of non-ortho nitro benzene ring substituents is 1. The average Bonchev–Trinajstić information content (AvgIpc) is 2.72. The number of nitro benzene ring substituents is 1. The van der Waals surface area contributed by atoms with E-state index in [1.54, 1.807) is 34.9 Å². The highest BCUT2D eigenvalue weighted by Gasteiger charge is 2.17. The van der Waals surface area contributed by atoms with Crippen molar-refractivity contribution >= 4 is 40.0 Å². The van der Waals surface area contributed by atoms with Crippen molar-refractivity contribution in [2.45, 2.75) is 37.2 Å². The van der Waals surface area contributed by atoms with Crippen LogP contribution in [0.2, 0.25) is 5.02 Å². The lowest BCUT2D eigenvalue weighted by Gasteiger charge is -2.17. The van der Waals surface area contributed by atoms with Gasteiger partial charge in [0.2, 0.25) is 0 Å². The fourth-order valence-electron chi connectivity index (χ4n) is 3.05. The Balaban J connectivity index is 1.98.